The summed E-state index contributed by atoms with van der Waals surface area (Å²) in [6.07, 6.45) is 47.7. The molecule has 0 bridgehead atoms. The second-order valence-corrected chi connectivity index (χ2v) is 18.7. The zero-order valence-corrected chi connectivity index (χ0v) is 43.6. The second kappa shape index (κ2) is 59.8. The predicted molar refractivity (Wildman–Crippen MR) is 264 cm³/mol. The van der Waals surface area contributed by atoms with Crippen LogP contribution >= 0.6 is 0 Å². The first-order valence-electron chi connectivity index (χ1n) is 27.1. The molecule has 10 heteroatoms. The molecule has 3 N–H and O–H groups in total. The van der Waals surface area contributed by atoms with Gasteiger partial charge in [0.25, 0.3) is 0 Å². The fourth-order valence-electron chi connectivity index (χ4n) is 7.98. The number of aliphatic carboxylic acids is 3. The Hall–Kier alpha value is -1.18. The van der Waals surface area contributed by atoms with Gasteiger partial charge in [0.2, 0.25) is 0 Å². The average molecular weight is 925 g/mol. The number of aliphatic hydroxyl groups excluding tert-OH is 3. The van der Waals surface area contributed by atoms with Crippen LogP contribution in [0.25, 0.3) is 0 Å². The van der Waals surface area contributed by atoms with Crippen LogP contribution < -0.4 is 15.3 Å². The number of rotatable bonds is 48. The molecule has 0 radical (unpaired) electrons. The van der Waals surface area contributed by atoms with Crippen LogP contribution in [0.1, 0.15) is 310 Å². The molecule has 0 saturated heterocycles. The fraction of sp³-hybridized carbons (Fsp3) is 0.944. The quantitative estimate of drug-likeness (QED) is 0.0395. The minimum absolute atomic E-state index is 0. The molecule has 0 aliphatic heterocycles. The van der Waals surface area contributed by atoms with E-state index in [2.05, 4.69) is 20.8 Å². The van der Waals surface area contributed by atoms with E-state index in [1.54, 1.807) is 0 Å². The van der Waals surface area contributed by atoms with Crippen molar-refractivity contribution in [3.63, 3.8) is 0 Å². The van der Waals surface area contributed by atoms with E-state index in [-0.39, 0.29) is 54.9 Å². The van der Waals surface area contributed by atoms with Gasteiger partial charge in [-0.1, -0.05) is 233 Å². The van der Waals surface area contributed by atoms with Gasteiger partial charge in [0.05, 0.1) is 18.3 Å². The van der Waals surface area contributed by atoms with E-state index in [1.165, 1.54) is 154 Å². The molecular weight excluding hydrogens is 820 g/mol. The normalized spacial score (nSPS) is 12.3. The summed E-state index contributed by atoms with van der Waals surface area (Å²) in [4.78, 5) is 30.7. The average Bonchev–Trinajstić information content (AvgIpc) is 3.24. The third-order valence-corrected chi connectivity index (χ3v) is 12.2. The SMILES string of the molecule is CCCCCCCC(O)CCCCCCCCCC(=O)[O-].CCCCCCCC(O)CCCCCCCCCC(=O)[O-].CCCCCCCC(O)CCCCCCCCCC(=O)[O-].[Al+3]. The van der Waals surface area contributed by atoms with E-state index >= 15 is 0 Å². The molecule has 0 rings (SSSR count). The Morgan fingerprint density at radius 3 is 0.578 bits per heavy atom. The maximum Gasteiger partial charge on any atom is 3.00 e. The van der Waals surface area contributed by atoms with Gasteiger partial charge in [-0.2, -0.15) is 0 Å². The third kappa shape index (κ3) is 69.9. The van der Waals surface area contributed by atoms with Crippen molar-refractivity contribution >= 4 is 35.3 Å². The molecule has 0 aliphatic carbocycles. The molecule has 64 heavy (non-hydrogen) atoms. The van der Waals surface area contributed by atoms with Crippen LogP contribution in [0, 0.1) is 0 Å². The van der Waals surface area contributed by atoms with Gasteiger partial charge in [-0.25, -0.2) is 0 Å². The molecule has 0 saturated carbocycles. The van der Waals surface area contributed by atoms with Crippen molar-refractivity contribution in [2.24, 2.45) is 0 Å². The van der Waals surface area contributed by atoms with Gasteiger partial charge in [-0.15, -0.1) is 0 Å². The zero-order chi connectivity index (χ0) is 47.3. The topological polar surface area (TPSA) is 181 Å². The van der Waals surface area contributed by atoms with Crippen LogP contribution in [-0.2, 0) is 14.4 Å². The summed E-state index contributed by atoms with van der Waals surface area (Å²) < 4.78 is 0. The standard InChI is InChI=1S/3C18H36O3.Al/c3*1-2-3-4-8-11-14-17(19)15-12-9-6-5-7-10-13-16-18(20)21;/h3*17,19H,2-16H2,1H3,(H,20,21);/q;;;+3/p-3. The number of carboxylic acids is 3. The molecular formula is C54H105AlO9. The minimum atomic E-state index is -0.932. The first kappa shape index (κ1) is 69.4. The van der Waals surface area contributed by atoms with Crippen LogP contribution in [0.15, 0.2) is 0 Å². The molecule has 0 aliphatic rings. The molecule has 0 aromatic carbocycles. The number of carbonyl (C=O) groups excluding carboxylic acids is 3. The molecule has 3 atom stereocenters. The van der Waals surface area contributed by atoms with E-state index in [9.17, 15) is 45.0 Å². The van der Waals surface area contributed by atoms with Gasteiger partial charge in [-0.3, -0.25) is 0 Å². The van der Waals surface area contributed by atoms with Crippen molar-refractivity contribution in [1.29, 1.82) is 0 Å². The smallest absolute Gasteiger partial charge is 0.550 e. The van der Waals surface area contributed by atoms with Crippen molar-refractivity contribution in [1.82, 2.24) is 0 Å². The first-order chi connectivity index (χ1) is 30.5. The van der Waals surface area contributed by atoms with Crippen molar-refractivity contribution in [3.8, 4) is 0 Å². The zero-order valence-electron chi connectivity index (χ0n) is 42.4. The number of hydrogen-bond donors (Lipinski definition) is 3. The van der Waals surface area contributed by atoms with Crippen LogP contribution in [0.3, 0.4) is 0 Å². The molecule has 378 valence electrons. The number of carbonyl (C=O) groups is 3. The van der Waals surface area contributed by atoms with Gasteiger partial charge >= 0.3 is 17.4 Å². The van der Waals surface area contributed by atoms with E-state index in [1.807, 2.05) is 0 Å². The van der Waals surface area contributed by atoms with Gasteiger partial charge < -0.3 is 45.0 Å². The Kier molecular flexibility index (Phi) is 64.9. The second-order valence-electron chi connectivity index (χ2n) is 18.7. The summed E-state index contributed by atoms with van der Waals surface area (Å²) in [5.41, 5.74) is 0. The molecule has 0 amide bonds. The predicted octanol–water partition coefficient (Wildman–Crippen LogP) is 11.5. The molecule has 0 spiro atoms. The summed E-state index contributed by atoms with van der Waals surface area (Å²) in [5, 5.41) is 60.3. The monoisotopic (exact) mass is 925 g/mol. The van der Waals surface area contributed by atoms with E-state index < -0.39 is 17.9 Å². The minimum Gasteiger partial charge on any atom is -0.550 e. The van der Waals surface area contributed by atoms with Gasteiger partial charge in [-0.05, 0) is 77.0 Å². The van der Waals surface area contributed by atoms with Crippen LogP contribution in [0.5, 0.6) is 0 Å². The summed E-state index contributed by atoms with van der Waals surface area (Å²) in [6.45, 7) is 6.66. The van der Waals surface area contributed by atoms with Crippen LogP contribution in [0.4, 0.5) is 0 Å². The maximum atomic E-state index is 10.2. The number of carboxylic acid groups (broad SMARTS) is 3. The van der Waals surface area contributed by atoms with Crippen molar-refractivity contribution in [2.45, 2.75) is 328 Å². The van der Waals surface area contributed by atoms with E-state index in [0.717, 1.165) is 116 Å². The number of unbranched alkanes of at least 4 members (excludes halogenated alkanes) is 30. The molecule has 3 unspecified atom stereocenters. The van der Waals surface area contributed by atoms with Crippen LogP contribution in [-0.4, -0.2) is 68.9 Å². The first-order valence-corrected chi connectivity index (χ1v) is 27.1. The van der Waals surface area contributed by atoms with Crippen molar-refractivity contribution in [2.75, 3.05) is 0 Å². The Morgan fingerprint density at radius 1 is 0.281 bits per heavy atom. The summed E-state index contributed by atoms with van der Waals surface area (Å²) in [5.74, 6) is -2.80. The molecule has 0 aromatic heterocycles. The molecule has 0 heterocycles. The van der Waals surface area contributed by atoms with Gasteiger partial charge in [0.1, 0.15) is 0 Å². The van der Waals surface area contributed by atoms with Crippen molar-refractivity contribution < 1.29 is 45.0 Å². The molecule has 0 fully saturated rings. The summed E-state index contributed by atoms with van der Waals surface area (Å²) in [6, 6.07) is 0. The van der Waals surface area contributed by atoms with Gasteiger partial charge in [0.15, 0.2) is 0 Å². The molecule has 0 aromatic rings. The number of aliphatic hydroxyl groups is 3. The van der Waals surface area contributed by atoms with Gasteiger partial charge in [0, 0.05) is 17.9 Å². The number of hydrogen-bond acceptors (Lipinski definition) is 9. The Bertz CT molecular complexity index is 807. The largest absolute Gasteiger partial charge is 3.00 e. The van der Waals surface area contributed by atoms with Crippen LogP contribution in [0.2, 0.25) is 0 Å². The Balaban J connectivity index is -0.000000419. The van der Waals surface area contributed by atoms with E-state index in [0.29, 0.717) is 0 Å². The molecule has 9 nitrogen and oxygen atoms in total. The maximum absolute atomic E-state index is 10.2. The Morgan fingerprint density at radius 2 is 0.422 bits per heavy atom. The fourth-order valence-corrected chi connectivity index (χ4v) is 7.98. The third-order valence-electron chi connectivity index (χ3n) is 12.2. The Labute approximate surface area is 406 Å². The van der Waals surface area contributed by atoms with E-state index in [4.69, 9.17) is 0 Å². The summed E-state index contributed by atoms with van der Waals surface area (Å²) in [7, 11) is 0. The summed E-state index contributed by atoms with van der Waals surface area (Å²) >= 11 is 0. The van der Waals surface area contributed by atoms with Crippen molar-refractivity contribution in [3.05, 3.63) is 0 Å².